The number of hydrogen-bond donors (Lipinski definition) is 2. The number of nitrogens with zero attached hydrogens (tertiary/aromatic N) is 4. The summed E-state index contributed by atoms with van der Waals surface area (Å²) in [7, 11) is 1.84. The fourth-order valence-electron chi connectivity index (χ4n) is 3.77. The molecule has 2 aliphatic rings. The highest BCUT2D eigenvalue weighted by Gasteiger charge is 2.30. The van der Waals surface area contributed by atoms with Crippen LogP contribution in [-0.4, -0.2) is 59.4 Å². The molecule has 6 nitrogen and oxygen atoms in total. The van der Waals surface area contributed by atoms with Gasteiger partial charge in [-0.2, -0.15) is 5.10 Å². The van der Waals surface area contributed by atoms with Crippen LogP contribution in [0.2, 0.25) is 0 Å². The molecule has 1 saturated carbocycles. The average molecular weight is 446 g/mol. The molecule has 0 spiro atoms. The number of aromatic nitrogens is 2. The van der Waals surface area contributed by atoms with Crippen LogP contribution < -0.4 is 10.6 Å². The van der Waals surface area contributed by atoms with Crippen molar-refractivity contribution in [3.63, 3.8) is 0 Å². The molecule has 3 rings (SSSR count). The smallest absolute Gasteiger partial charge is 0.191 e. The molecule has 0 bridgehead atoms. The van der Waals surface area contributed by atoms with Crippen LogP contribution in [0.5, 0.6) is 0 Å². The molecule has 1 saturated heterocycles. The standard InChI is InChI=1S/C17H30N6.HI/c1-14-11-20-23(12-14)10-8-19-17(18-2)21-15-7-9-22(13-15)16-5-3-4-6-16;/h11-12,15-16H,3-10,13H2,1-2H3,(H2,18,19,21);1H. The first-order valence-corrected chi connectivity index (χ1v) is 8.95. The molecule has 1 unspecified atom stereocenters. The van der Waals surface area contributed by atoms with Gasteiger partial charge in [0.1, 0.15) is 0 Å². The maximum absolute atomic E-state index is 4.36. The number of hydrogen-bond acceptors (Lipinski definition) is 3. The van der Waals surface area contributed by atoms with Crippen molar-refractivity contribution in [3.05, 3.63) is 18.0 Å². The number of aliphatic imine (C=N–C) groups is 1. The van der Waals surface area contributed by atoms with Crippen molar-refractivity contribution in [2.24, 2.45) is 4.99 Å². The first-order chi connectivity index (χ1) is 11.2. The van der Waals surface area contributed by atoms with Crippen molar-refractivity contribution < 1.29 is 0 Å². The summed E-state index contributed by atoms with van der Waals surface area (Å²) in [5.41, 5.74) is 1.20. The molecule has 2 fully saturated rings. The van der Waals surface area contributed by atoms with E-state index >= 15 is 0 Å². The van der Waals surface area contributed by atoms with Gasteiger partial charge in [-0.1, -0.05) is 12.8 Å². The molecule has 1 aromatic heterocycles. The Labute approximate surface area is 162 Å². The van der Waals surface area contributed by atoms with E-state index in [0.717, 1.165) is 31.6 Å². The molecule has 2 N–H and O–H groups in total. The number of guanidine groups is 1. The normalized spacial score (nSPS) is 22.6. The fraction of sp³-hybridized carbons (Fsp3) is 0.765. The van der Waals surface area contributed by atoms with Gasteiger partial charge in [-0.15, -0.1) is 24.0 Å². The molecule has 0 aromatic carbocycles. The third-order valence-corrected chi connectivity index (χ3v) is 5.02. The highest BCUT2D eigenvalue weighted by molar-refractivity contribution is 14.0. The molecule has 0 amide bonds. The zero-order valence-corrected chi connectivity index (χ0v) is 17.2. The van der Waals surface area contributed by atoms with E-state index in [1.165, 1.54) is 44.2 Å². The number of rotatable bonds is 5. The van der Waals surface area contributed by atoms with Gasteiger partial charge in [-0.05, 0) is 31.7 Å². The summed E-state index contributed by atoms with van der Waals surface area (Å²) in [6, 6.07) is 1.36. The van der Waals surface area contributed by atoms with E-state index < -0.39 is 0 Å². The zero-order chi connectivity index (χ0) is 16.1. The highest BCUT2D eigenvalue weighted by Crippen LogP contribution is 2.26. The van der Waals surface area contributed by atoms with E-state index in [9.17, 15) is 0 Å². The minimum Gasteiger partial charge on any atom is -0.355 e. The summed E-state index contributed by atoms with van der Waals surface area (Å²) in [4.78, 5) is 7.03. The molecule has 24 heavy (non-hydrogen) atoms. The lowest BCUT2D eigenvalue weighted by molar-refractivity contribution is 0.242. The average Bonchev–Trinajstić information content (AvgIpc) is 3.27. The summed E-state index contributed by atoms with van der Waals surface area (Å²) >= 11 is 0. The summed E-state index contributed by atoms with van der Waals surface area (Å²) in [5.74, 6) is 0.909. The SMILES string of the molecule is CN=C(NCCn1cc(C)cn1)NC1CCN(C2CCCC2)C1.I. The van der Waals surface area contributed by atoms with Gasteiger partial charge in [0.25, 0.3) is 0 Å². The molecule has 1 aliphatic heterocycles. The Hall–Kier alpha value is -0.830. The van der Waals surface area contributed by atoms with Crippen LogP contribution in [0.1, 0.15) is 37.7 Å². The van der Waals surface area contributed by atoms with Crippen molar-refractivity contribution in [1.29, 1.82) is 0 Å². The van der Waals surface area contributed by atoms with Crippen LogP contribution in [0.25, 0.3) is 0 Å². The van der Waals surface area contributed by atoms with Crippen molar-refractivity contribution in [1.82, 2.24) is 25.3 Å². The highest BCUT2D eigenvalue weighted by atomic mass is 127. The second-order valence-electron chi connectivity index (χ2n) is 6.84. The predicted octanol–water partition coefficient (Wildman–Crippen LogP) is 1.99. The minimum absolute atomic E-state index is 0. The Kier molecular flexibility index (Phi) is 7.80. The first kappa shape index (κ1) is 19.5. The Morgan fingerprint density at radius 2 is 2.12 bits per heavy atom. The molecule has 7 heteroatoms. The summed E-state index contributed by atoms with van der Waals surface area (Å²) in [5, 5.41) is 11.3. The van der Waals surface area contributed by atoms with Crippen LogP contribution in [-0.2, 0) is 6.54 Å². The summed E-state index contributed by atoms with van der Waals surface area (Å²) < 4.78 is 1.97. The maximum Gasteiger partial charge on any atom is 0.191 e. The minimum atomic E-state index is 0. The molecule has 1 atom stereocenters. The van der Waals surface area contributed by atoms with Crippen molar-refractivity contribution >= 4 is 29.9 Å². The van der Waals surface area contributed by atoms with E-state index in [4.69, 9.17) is 0 Å². The number of aryl methyl sites for hydroxylation is 1. The zero-order valence-electron chi connectivity index (χ0n) is 14.9. The van der Waals surface area contributed by atoms with Crippen molar-refractivity contribution in [2.75, 3.05) is 26.7 Å². The lowest BCUT2D eigenvalue weighted by atomic mass is 10.2. The summed E-state index contributed by atoms with van der Waals surface area (Å²) in [6.07, 6.45) is 10.8. The van der Waals surface area contributed by atoms with E-state index in [0.29, 0.717) is 6.04 Å². The second-order valence-corrected chi connectivity index (χ2v) is 6.84. The molecular weight excluding hydrogens is 415 g/mol. The lowest BCUT2D eigenvalue weighted by Crippen LogP contribution is -2.46. The quantitative estimate of drug-likeness (QED) is 0.413. The maximum atomic E-state index is 4.36. The molecular formula is C17H31IN6. The van der Waals surface area contributed by atoms with E-state index in [2.05, 4.69) is 38.7 Å². The van der Waals surface area contributed by atoms with Crippen LogP contribution in [0, 0.1) is 6.92 Å². The second kappa shape index (κ2) is 9.60. The van der Waals surface area contributed by atoms with Gasteiger partial charge in [0.15, 0.2) is 5.96 Å². The van der Waals surface area contributed by atoms with Crippen LogP contribution in [0.4, 0.5) is 0 Å². The van der Waals surface area contributed by atoms with Gasteiger partial charge < -0.3 is 10.6 Å². The first-order valence-electron chi connectivity index (χ1n) is 8.95. The number of halogens is 1. The van der Waals surface area contributed by atoms with Gasteiger partial charge in [0.05, 0.1) is 12.7 Å². The third-order valence-electron chi connectivity index (χ3n) is 5.02. The van der Waals surface area contributed by atoms with E-state index in [1.54, 1.807) is 0 Å². The van der Waals surface area contributed by atoms with Crippen LogP contribution in [0.15, 0.2) is 17.4 Å². The van der Waals surface area contributed by atoms with Crippen molar-refractivity contribution in [3.8, 4) is 0 Å². The Morgan fingerprint density at radius 1 is 1.33 bits per heavy atom. The predicted molar refractivity (Wildman–Crippen MR) is 109 cm³/mol. The number of nitrogens with one attached hydrogen (secondary N) is 2. The van der Waals surface area contributed by atoms with Crippen molar-refractivity contribution in [2.45, 2.75) is 57.7 Å². The topological polar surface area (TPSA) is 57.5 Å². The molecule has 136 valence electrons. The molecule has 2 heterocycles. The van der Waals surface area contributed by atoms with Gasteiger partial charge in [-0.25, -0.2) is 0 Å². The lowest BCUT2D eigenvalue weighted by Gasteiger charge is -2.24. The third kappa shape index (κ3) is 5.34. The molecule has 1 aromatic rings. The monoisotopic (exact) mass is 446 g/mol. The van der Waals surface area contributed by atoms with Crippen LogP contribution >= 0.6 is 24.0 Å². The fourth-order valence-corrected chi connectivity index (χ4v) is 3.77. The van der Waals surface area contributed by atoms with Gasteiger partial charge in [0, 0.05) is 45.0 Å². The van der Waals surface area contributed by atoms with E-state index in [1.807, 2.05) is 17.9 Å². The summed E-state index contributed by atoms with van der Waals surface area (Å²) in [6.45, 7) is 6.14. The van der Waals surface area contributed by atoms with Gasteiger partial charge in [-0.3, -0.25) is 14.6 Å². The molecule has 0 radical (unpaired) electrons. The molecule has 1 aliphatic carbocycles. The Morgan fingerprint density at radius 3 is 2.79 bits per heavy atom. The van der Waals surface area contributed by atoms with Gasteiger partial charge >= 0.3 is 0 Å². The van der Waals surface area contributed by atoms with Crippen LogP contribution in [0.3, 0.4) is 0 Å². The largest absolute Gasteiger partial charge is 0.355 e. The Balaban J connectivity index is 0.00000208. The van der Waals surface area contributed by atoms with E-state index in [-0.39, 0.29) is 24.0 Å². The number of likely N-dealkylation sites (tertiary alicyclic amines) is 1. The van der Waals surface area contributed by atoms with Gasteiger partial charge in [0.2, 0.25) is 0 Å². The Bertz CT molecular complexity index is 523.